The largest absolute Gasteiger partial charge is 0.462 e. The van der Waals surface area contributed by atoms with Gasteiger partial charge in [0.1, 0.15) is 0 Å². The summed E-state index contributed by atoms with van der Waals surface area (Å²) in [6.45, 7) is 3.09. The van der Waals surface area contributed by atoms with Crippen molar-refractivity contribution >= 4 is 17.3 Å². The Morgan fingerprint density at radius 1 is 1.33 bits per heavy atom. The Balaban J connectivity index is 1.89. The third-order valence-electron chi connectivity index (χ3n) is 4.16. The Bertz CT molecular complexity index is 468. The number of benzene rings is 1. The molecule has 0 unspecified atom stereocenters. The topological polar surface area (TPSA) is 64.3 Å². The number of rotatable bonds is 6. The zero-order chi connectivity index (χ0) is 15.1. The van der Waals surface area contributed by atoms with Gasteiger partial charge in [-0.15, -0.1) is 0 Å². The van der Waals surface area contributed by atoms with Gasteiger partial charge in [0.15, 0.2) is 0 Å². The van der Waals surface area contributed by atoms with E-state index in [1.165, 1.54) is 38.5 Å². The van der Waals surface area contributed by atoms with E-state index in [9.17, 15) is 4.79 Å². The van der Waals surface area contributed by atoms with Crippen molar-refractivity contribution in [1.82, 2.24) is 0 Å². The highest BCUT2D eigenvalue weighted by atomic mass is 16.5. The Labute approximate surface area is 127 Å². The second kappa shape index (κ2) is 7.91. The van der Waals surface area contributed by atoms with E-state index in [1.54, 1.807) is 25.1 Å². The minimum atomic E-state index is -0.298. The Hall–Kier alpha value is -1.71. The van der Waals surface area contributed by atoms with Gasteiger partial charge in [-0.25, -0.2) is 4.79 Å². The third kappa shape index (κ3) is 4.66. The molecule has 1 aliphatic rings. The van der Waals surface area contributed by atoms with Crippen molar-refractivity contribution in [2.45, 2.75) is 45.4 Å². The number of nitrogens with two attached hydrogens (primary N) is 1. The van der Waals surface area contributed by atoms with Gasteiger partial charge in [-0.3, -0.25) is 0 Å². The maximum atomic E-state index is 11.7. The highest BCUT2D eigenvalue weighted by Gasteiger charge is 2.13. The van der Waals surface area contributed by atoms with Gasteiger partial charge in [0.25, 0.3) is 0 Å². The molecule has 0 heterocycles. The van der Waals surface area contributed by atoms with Crippen LogP contribution in [0.2, 0.25) is 0 Å². The molecule has 2 rings (SSSR count). The summed E-state index contributed by atoms with van der Waals surface area (Å²) >= 11 is 0. The normalized spacial score (nSPS) is 15.7. The maximum Gasteiger partial charge on any atom is 0.338 e. The number of anilines is 2. The highest BCUT2D eigenvalue weighted by Crippen LogP contribution is 2.27. The van der Waals surface area contributed by atoms with Crippen LogP contribution in [0.4, 0.5) is 11.4 Å². The summed E-state index contributed by atoms with van der Waals surface area (Å²) in [5.41, 5.74) is 8.02. The molecule has 0 aliphatic heterocycles. The molecule has 0 amide bonds. The number of carbonyl (C=O) groups is 1. The first-order valence-corrected chi connectivity index (χ1v) is 8.01. The molecular formula is C17H26N2O2. The lowest BCUT2D eigenvalue weighted by Crippen LogP contribution is -2.13. The molecule has 0 bridgehead atoms. The molecule has 1 aromatic carbocycles. The van der Waals surface area contributed by atoms with Gasteiger partial charge in [-0.05, 0) is 37.5 Å². The van der Waals surface area contributed by atoms with Gasteiger partial charge in [-0.1, -0.05) is 32.1 Å². The van der Waals surface area contributed by atoms with Gasteiger partial charge in [0, 0.05) is 6.54 Å². The lowest BCUT2D eigenvalue weighted by atomic mass is 9.87. The first-order valence-electron chi connectivity index (χ1n) is 8.01. The SMILES string of the molecule is CCOC(=O)c1ccc(N)c(NCCC2CCCCC2)c1. The summed E-state index contributed by atoms with van der Waals surface area (Å²) < 4.78 is 5.01. The molecule has 0 aromatic heterocycles. The Morgan fingerprint density at radius 2 is 2.10 bits per heavy atom. The molecular weight excluding hydrogens is 264 g/mol. The van der Waals surface area contributed by atoms with E-state index in [2.05, 4.69) is 5.32 Å². The van der Waals surface area contributed by atoms with Gasteiger partial charge in [0.05, 0.1) is 23.5 Å². The van der Waals surface area contributed by atoms with Crippen molar-refractivity contribution in [2.75, 3.05) is 24.2 Å². The predicted molar refractivity (Wildman–Crippen MR) is 86.5 cm³/mol. The fourth-order valence-corrected chi connectivity index (χ4v) is 2.94. The van der Waals surface area contributed by atoms with Crippen molar-refractivity contribution in [1.29, 1.82) is 0 Å². The zero-order valence-electron chi connectivity index (χ0n) is 12.9. The van der Waals surface area contributed by atoms with Crippen molar-refractivity contribution < 1.29 is 9.53 Å². The maximum absolute atomic E-state index is 11.7. The number of carbonyl (C=O) groups excluding carboxylic acids is 1. The van der Waals surface area contributed by atoms with Crippen LogP contribution in [0.15, 0.2) is 18.2 Å². The molecule has 1 fully saturated rings. The molecule has 4 nitrogen and oxygen atoms in total. The van der Waals surface area contributed by atoms with E-state index >= 15 is 0 Å². The number of hydrogen-bond donors (Lipinski definition) is 2. The molecule has 1 saturated carbocycles. The second-order valence-corrected chi connectivity index (χ2v) is 5.74. The number of hydrogen-bond acceptors (Lipinski definition) is 4. The molecule has 1 aliphatic carbocycles. The number of nitrogens with one attached hydrogen (secondary N) is 1. The molecule has 3 N–H and O–H groups in total. The van der Waals surface area contributed by atoms with Crippen LogP contribution in [-0.2, 0) is 4.74 Å². The number of nitrogen functional groups attached to an aromatic ring is 1. The first-order chi connectivity index (χ1) is 10.2. The van der Waals surface area contributed by atoms with Crippen LogP contribution in [0.25, 0.3) is 0 Å². The van der Waals surface area contributed by atoms with Crippen molar-refractivity contribution in [2.24, 2.45) is 5.92 Å². The molecule has 4 heteroatoms. The highest BCUT2D eigenvalue weighted by molar-refractivity contribution is 5.92. The lowest BCUT2D eigenvalue weighted by Gasteiger charge is -2.22. The molecule has 0 atom stereocenters. The van der Waals surface area contributed by atoms with Crippen LogP contribution in [0.5, 0.6) is 0 Å². The fourth-order valence-electron chi connectivity index (χ4n) is 2.94. The van der Waals surface area contributed by atoms with Crippen LogP contribution in [0, 0.1) is 5.92 Å². The third-order valence-corrected chi connectivity index (χ3v) is 4.16. The predicted octanol–water partition coefficient (Wildman–Crippen LogP) is 3.83. The van der Waals surface area contributed by atoms with Crippen molar-refractivity contribution in [3.63, 3.8) is 0 Å². The number of esters is 1. The average molecular weight is 290 g/mol. The van der Waals surface area contributed by atoms with Crippen LogP contribution in [0.1, 0.15) is 55.8 Å². The first kappa shape index (κ1) is 15.7. The Kier molecular flexibility index (Phi) is 5.90. The van der Waals surface area contributed by atoms with Gasteiger partial charge in [-0.2, -0.15) is 0 Å². The molecule has 0 radical (unpaired) electrons. The van der Waals surface area contributed by atoms with Crippen LogP contribution in [-0.4, -0.2) is 19.1 Å². The molecule has 21 heavy (non-hydrogen) atoms. The van der Waals surface area contributed by atoms with E-state index < -0.39 is 0 Å². The molecule has 0 saturated heterocycles. The van der Waals surface area contributed by atoms with Crippen LogP contribution >= 0.6 is 0 Å². The summed E-state index contributed by atoms with van der Waals surface area (Å²) in [5.74, 6) is 0.536. The fraction of sp³-hybridized carbons (Fsp3) is 0.588. The standard InChI is InChI=1S/C17H26N2O2/c1-2-21-17(20)14-8-9-15(18)16(12-14)19-11-10-13-6-4-3-5-7-13/h8-9,12-13,19H,2-7,10-11,18H2,1H3. The Morgan fingerprint density at radius 3 is 2.81 bits per heavy atom. The van der Waals surface area contributed by atoms with Gasteiger partial charge < -0.3 is 15.8 Å². The van der Waals surface area contributed by atoms with Gasteiger partial charge >= 0.3 is 5.97 Å². The quantitative estimate of drug-likeness (QED) is 0.617. The van der Waals surface area contributed by atoms with E-state index in [0.29, 0.717) is 17.9 Å². The van der Waals surface area contributed by atoms with E-state index in [0.717, 1.165) is 18.2 Å². The summed E-state index contributed by atoms with van der Waals surface area (Å²) in [6, 6.07) is 5.25. The minimum absolute atomic E-state index is 0.298. The molecule has 1 aromatic rings. The van der Waals surface area contributed by atoms with E-state index in [1.807, 2.05) is 0 Å². The minimum Gasteiger partial charge on any atom is -0.462 e. The summed E-state index contributed by atoms with van der Waals surface area (Å²) in [5, 5.41) is 3.36. The summed E-state index contributed by atoms with van der Waals surface area (Å²) in [7, 11) is 0. The van der Waals surface area contributed by atoms with Crippen LogP contribution in [0.3, 0.4) is 0 Å². The average Bonchev–Trinajstić information content (AvgIpc) is 2.50. The monoisotopic (exact) mass is 290 g/mol. The summed E-state index contributed by atoms with van der Waals surface area (Å²) in [4.78, 5) is 11.7. The summed E-state index contributed by atoms with van der Waals surface area (Å²) in [6.07, 6.45) is 7.98. The molecule has 116 valence electrons. The van der Waals surface area contributed by atoms with Gasteiger partial charge in [0.2, 0.25) is 0 Å². The zero-order valence-corrected chi connectivity index (χ0v) is 12.9. The molecule has 0 spiro atoms. The lowest BCUT2D eigenvalue weighted by molar-refractivity contribution is 0.0526. The van der Waals surface area contributed by atoms with Crippen molar-refractivity contribution in [3.8, 4) is 0 Å². The van der Waals surface area contributed by atoms with E-state index in [4.69, 9.17) is 10.5 Å². The van der Waals surface area contributed by atoms with Crippen LogP contribution < -0.4 is 11.1 Å². The van der Waals surface area contributed by atoms with Crippen molar-refractivity contribution in [3.05, 3.63) is 23.8 Å². The number of ether oxygens (including phenoxy) is 1. The second-order valence-electron chi connectivity index (χ2n) is 5.74. The smallest absolute Gasteiger partial charge is 0.338 e. The van der Waals surface area contributed by atoms with E-state index in [-0.39, 0.29) is 5.97 Å².